The minimum atomic E-state index is -4.43. The molecule has 3 heterocycles. The average Bonchev–Trinajstić information content (AvgIpc) is 3.13. The highest BCUT2D eigenvalue weighted by atomic mass is 19.4. The molecule has 1 unspecified atom stereocenters. The van der Waals surface area contributed by atoms with Crippen LogP contribution in [0.25, 0.3) is 0 Å². The molecule has 3 rings (SSSR count). The van der Waals surface area contributed by atoms with Crippen molar-refractivity contribution in [3.05, 3.63) is 28.7 Å². The van der Waals surface area contributed by atoms with Crippen LogP contribution in [-0.4, -0.2) is 37.7 Å². The summed E-state index contributed by atoms with van der Waals surface area (Å²) in [6, 6.07) is -1.03. The summed E-state index contributed by atoms with van der Waals surface area (Å²) in [4.78, 5) is 12.7. The van der Waals surface area contributed by atoms with E-state index in [1.165, 1.54) is 6.07 Å². The first-order valence-electron chi connectivity index (χ1n) is 9.26. The first-order chi connectivity index (χ1) is 13.0. The summed E-state index contributed by atoms with van der Waals surface area (Å²) in [7, 11) is 1.82. The molecule has 28 heavy (non-hydrogen) atoms. The summed E-state index contributed by atoms with van der Waals surface area (Å²) in [5.41, 5.74) is 2.55. The lowest BCUT2D eigenvalue weighted by Gasteiger charge is -2.32. The number of amides is 1. The SMILES string of the molecule is CC[C@@H]1C[C@H](C(F)(F)F)n2nc(C(=O)NC(C)c3c(C)nn(C)c3C)cc2N1. The van der Waals surface area contributed by atoms with Crippen molar-refractivity contribution < 1.29 is 18.0 Å². The third-order valence-corrected chi connectivity index (χ3v) is 5.34. The average molecular weight is 398 g/mol. The van der Waals surface area contributed by atoms with Crippen molar-refractivity contribution in [2.45, 2.75) is 64.8 Å². The van der Waals surface area contributed by atoms with E-state index in [9.17, 15) is 18.0 Å². The van der Waals surface area contributed by atoms with E-state index in [-0.39, 0.29) is 30.0 Å². The molecule has 0 aromatic carbocycles. The van der Waals surface area contributed by atoms with Gasteiger partial charge in [-0.25, -0.2) is 4.68 Å². The first kappa shape index (κ1) is 20.2. The quantitative estimate of drug-likeness (QED) is 0.827. The van der Waals surface area contributed by atoms with Crippen molar-refractivity contribution >= 4 is 11.7 Å². The molecule has 0 saturated heterocycles. The standard InChI is InChI=1S/C18H25F3N6O/c1-6-12-7-14(18(19,20)21)27-15(23-12)8-13(25-27)17(28)22-9(2)16-10(3)24-26(5)11(16)4/h8-9,12,14,23H,6-7H2,1-5H3,(H,22,28)/t9?,12-,14-/m1/s1. The highest BCUT2D eigenvalue weighted by Gasteiger charge is 2.46. The molecule has 1 aliphatic rings. The number of halogens is 3. The third kappa shape index (κ3) is 3.59. The molecule has 0 fully saturated rings. The number of fused-ring (bicyclic) bond motifs is 1. The zero-order chi connectivity index (χ0) is 20.8. The number of aryl methyl sites for hydroxylation is 2. The molecule has 0 spiro atoms. The van der Waals surface area contributed by atoms with Gasteiger partial charge in [-0.3, -0.25) is 9.48 Å². The Morgan fingerprint density at radius 2 is 2.07 bits per heavy atom. The van der Waals surface area contributed by atoms with Crippen molar-refractivity contribution in [2.24, 2.45) is 7.05 Å². The van der Waals surface area contributed by atoms with Gasteiger partial charge in [0.1, 0.15) is 5.82 Å². The molecule has 0 bridgehead atoms. The Morgan fingerprint density at radius 3 is 2.61 bits per heavy atom. The predicted molar refractivity (Wildman–Crippen MR) is 98.2 cm³/mol. The van der Waals surface area contributed by atoms with Crippen LogP contribution in [0.4, 0.5) is 19.0 Å². The molecule has 0 aliphatic carbocycles. The number of nitrogens with one attached hydrogen (secondary N) is 2. The minimum absolute atomic E-state index is 0.0421. The summed E-state index contributed by atoms with van der Waals surface area (Å²) < 4.78 is 43.0. The van der Waals surface area contributed by atoms with Crippen LogP contribution in [0, 0.1) is 13.8 Å². The van der Waals surface area contributed by atoms with Gasteiger partial charge in [-0.05, 0) is 33.6 Å². The number of hydrogen-bond acceptors (Lipinski definition) is 4. The number of anilines is 1. The largest absolute Gasteiger partial charge is 0.410 e. The summed E-state index contributed by atoms with van der Waals surface area (Å²) in [5.74, 6) is -0.306. The van der Waals surface area contributed by atoms with E-state index < -0.39 is 18.1 Å². The number of carbonyl (C=O) groups is 1. The summed E-state index contributed by atoms with van der Waals surface area (Å²) in [5, 5.41) is 14.2. The Bertz CT molecular complexity index is 885. The van der Waals surface area contributed by atoms with Crippen LogP contribution in [0.5, 0.6) is 0 Å². The smallest absolute Gasteiger partial charge is 0.367 e. The van der Waals surface area contributed by atoms with Crippen molar-refractivity contribution in [3.8, 4) is 0 Å². The van der Waals surface area contributed by atoms with Gasteiger partial charge in [-0.1, -0.05) is 6.92 Å². The molecule has 10 heteroatoms. The number of rotatable bonds is 4. The van der Waals surface area contributed by atoms with Gasteiger partial charge in [-0.15, -0.1) is 0 Å². The Kier molecular flexibility index (Phi) is 5.16. The van der Waals surface area contributed by atoms with Crippen LogP contribution < -0.4 is 10.6 Å². The van der Waals surface area contributed by atoms with Gasteiger partial charge >= 0.3 is 6.18 Å². The second-order valence-electron chi connectivity index (χ2n) is 7.31. The zero-order valence-corrected chi connectivity index (χ0v) is 16.6. The third-order valence-electron chi connectivity index (χ3n) is 5.34. The lowest BCUT2D eigenvalue weighted by molar-refractivity contribution is -0.173. The highest BCUT2D eigenvalue weighted by Crippen LogP contribution is 2.40. The van der Waals surface area contributed by atoms with Gasteiger partial charge in [0.15, 0.2) is 11.7 Å². The van der Waals surface area contributed by atoms with Gasteiger partial charge < -0.3 is 10.6 Å². The van der Waals surface area contributed by atoms with Crippen molar-refractivity contribution in [3.63, 3.8) is 0 Å². The molecule has 1 amide bonds. The molecule has 2 N–H and O–H groups in total. The number of aromatic nitrogens is 4. The van der Waals surface area contributed by atoms with Crippen molar-refractivity contribution in [1.82, 2.24) is 24.9 Å². The van der Waals surface area contributed by atoms with E-state index >= 15 is 0 Å². The van der Waals surface area contributed by atoms with Gasteiger partial charge in [0.2, 0.25) is 0 Å². The Hall–Kier alpha value is -2.52. The topological polar surface area (TPSA) is 76.8 Å². The van der Waals surface area contributed by atoms with E-state index in [0.717, 1.165) is 21.6 Å². The number of alkyl halides is 3. The zero-order valence-electron chi connectivity index (χ0n) is 16.6. The van der Waals surface area contributed by atoms with Crippen LogP contribution in [0.3, 0.4) is 0 Å². The molecule has 3 atom stereocenters. The van der Waals surface area contributed by atoms with Gasteiger partial charge in [0.05, 0.1) is 11.7 Å². The maximum absolute atomic E-state index is 13.5. The molecule has 0 saturated carbocycles. The molecule has 0 radical (unpaired) electrons. The number of hydrogen-bond donors (Lipinski definition) is 2. The van der Waals surface area contributed by atoms with Gasteiger partial charge in [0.25, 0.3) is 5.91 Å². The van der Waals surface area contributed by atoms with Crippen LogP contribution in [0.15, 0.2) is 6.07 Å². The van der Waals surface area contributed by atoms with Crippen LogP contribution in [0.2, 0.25) is 0 Å². The van der Waals surface area contributed by atoms with Gasteiger partial charge in [0, 0.05) is 30.4 Å². The lowest BCUT2D eigenvalue weighted by atomic mass is 10.0. The highest BCUT2D eigenvalue weighted by molar-refractivity contribution is 5.93. The molecular formula is C18H25F3N6O. The normalized spacial score (nSPS) is 20.4. The summed E-state index contributed by atoms with van der Waals surface area (Å²) >= 11 is 0. The molecule has 154 valence electrons. The van der Waals surface area contributed by atoms with Gasteiger partial charge in [-0.2, -0.15) is 23.4 Å². The first-order valence-corrected chi connectivity index (χ1v) is 9.26. The maximum Gasteiger partial charge on any atom is 0.410 e. The Balaban J connectivity index is 1.85. The van der Waals surface area contributed by atoms with E-state index in [1.807, 2.05) is 34.7 Å². The van der Waals surface area contributed by atoms with Crippen LogP contribution >= 0.6 is 0 Å². The van der Waals surface area contributed by atoms with Crippen LogP contribution in [0.1, 0.15) is 66.2 Å². The predicted octanol–water partition coefficient (Wildman–Crippen LogP) is 3.42. The van der Waals surface area contributed by atoms with Crippen LogP contribution in [-0.2, 0) is 7.05 Å². The van der Waals surface area contributed by atoms with Crippen molar-refractivity contribution in [1.29, 1.82) is 0 Å². The molecule has 1 aliphatic heterocycles. The molecule has 7 nitrogen and oxygen atoms in total. The lowest BCUT2D eigenvalue weighted by Crippen LogP contribution is -2.39. The van der Waals surface area contributed by atoms with E-state index in [0.29, 0.717) is 6.42 Å². The minimum Gasteiger partial charge on any atom is -0.367 e. The fraction of sp³-hybridized carbons (Fsp3) is 0.611. The molecular weight excluding hydrogens is 373 g/mol. The monoisotopic (exact) mass is 398 g/mol. The van der Waals surface area contributed by atoms with E-state index in [1.54, 1.807) is 4.68 Å². The van der Waals surface area contributed by atoms with Crippen molar-refractivity contribution in [2.75, 3.05) is 5.32 Å². The van der Waals surface area contributed by atoms with E-state index in [2.05, 4.69) is 20.8 Å². The number of carbonyl (C=O) groups excluding carboxylic acids is 1. The number of nitrogens with zero attached hydrogens (tertiary/aromatic N) is 4. The molecule has 2 aromatic rings. The Morgan fingerprint density at radius 1 is 1.39 bits per heavy atom. The maximum atomic E-state index is 13.5. The Labute approximate surface area is 161 Å². The summed E-state index contributed by atoms with van der Waals surface area (Å²) in [6.07, 6.45) is -3.99. The summed E-state index contributed by atoms with van der Waals surface area (Å²) in [6.45, 7) is 7.39. The fourth-order valence-electron chi connectivity index (χ4n) is 3.79. The molecule has 2 aromatic heterocycles. The fourth-order valence-corrected chi connectivity index (χ4v) is 3.79. The second-order valence-corrected chi connectivity index (χ2v) is 7.31. The second kappa shape index (κ2) is 7.14. The van der Waals surface area contributed by atoms with E-state index in [4.69, 9.17) is 0 Å².